The number of aromatic amines is 1. The molecule has 0 aliphatic carbocycles. The van der Waals surface area contributed by atoms with Gasteiger partial charge in [0.05, 0.1) is 6.54 Å². The molecular formula is C9H9N3S. The molecule has 1 heterocycles. The van der Waals surface area contributed by atoms with Crippen LogP contribution in [0.3, 0.4) is 0 Å². The Kier molecular flexibility index (Phi) is 2.23. The Hall–Kier alpha value is -1.42. The average molecular weight is 191 g/mol. The van der Waals surface area contributed by atoms with Crippen molar-refractivity contribution in [2.24, 2.45) is 0 Å². The summed E-state index contributed by atoms with van der Waals surface area (Å²) in [7, 11) is 0. The SMILES string of the molecule is S=c1[nH]ncn1Cc1ccccc1. The van der Waals surface area contributed by atoms with Crippen LogP contribution in [-0.2, 0) is 6.54 Å². The Balaban J connectivity index is 2.25. The molecule has 66 valence electrons. The third kappa shape index (κ3) is 1.84. The molecule has 0 aliphatic heterocycles. The van der Waals surface area contributed by atoms with Gasteiger partial charge in [0.2, 0.25) is 0 Å². The molecule has 3 nitrogen and oxygen atoms in total. The van der Waals surface area contributed by atoms with Crippen LogP contribution in [0.25, 0.3) is 0 Å². The number of aromatic nitrogens is 3. The highest BCUT2D eigenvalue weighted by atomic mass is 32.1. The fourth-order valence-corrected chi connectivity index (χ4v) is 1.33. The first-order valence-electron chi connectivity index (χ1n) is 4.00. The molecular weight excluding hydrogens is 182 g/mol. The molecule has 1 aromatic heterocycles. The summed E-state index contributed by atoms with van der Waals surface area (Å²) in [6.45, 7) is 0.774. The van der Waals surface area contributed by atoms with Gasteiger partial charge in [-0.3, -0.25) is 5.10 Å². The van der Waals surface area contributed by atoms with Crippen LogP contribution in [-0.4, -0.2) is 14.8 Å². The van der Waals surface area contributed by atoms with Gasteiger partial charge in [0.1, 0.15) is 6.33 Å². The molecule has 0 saturated heterocycles. The molecule has 13 heavy (non-hydrogen) atoms. The van der Waals surface area contributed by atoms with E-state index in [1.807, 2.05) is 22.8 Å². The number of hydrogen-bond acceptors (Lipinski definition) is 2. The van der Waals surface area contributed by atoms with Crippen molar-refractivity contribution < 1.29 is 0 Å². The van der Waals surface area contributed by atoms with Crippen LogP contribution < -0.4 is 0 Å². The van der Waals surface area contributed by atoms with Crippen molar-refractivity contribution in [1.82, 2.24) is 14.8 Å². The molecule has 0 atom stereocenters. The van der Waals surface area contributed by atoms with Crippen molar-refractivity contribution in [1.29, 1.82) is 0 Å². The number of benzene rings is 1. The Morgan fingerprint density at radius 2 is 2.08 bits per heavy atom. The van der Waals surface area contributed by atoms with E-state index in [0.717, 1.165) is 6.54 Å². The molecule has 0 fully saturated rings. The lowest BCUT2D eigenvalue weighted by atomic mass is 10.2. The van der Waals surface area contributed by atoms with Crippen molar-refractivity contribution >= 4 is 12.2 Å². The van der Waals surface area contributed by atoms with Crippen LogP contribution in [0.5, 0.6) is 0 Å². The Labute approximate surface area is 81.0 Å². The lowest BCUT2D eigenvalue weighted by molar-refractivity contribution is 0.782. The van der Waals surface area contributed by atoms with Crippen molar-refractivity contribution in [2.45, 2.75) is 6.54 Å². The van der Waals surface area contributed by atoms with Crippen LogP contribution in [0.4, 0.5) is 0 Å². The molecule has 0 amide bonds. The number of nitrogens with zero attached hydrogens (tertiary/aromatic N) is 2. The minimum absolute atomic E-state index is 0.656. The zero-order valence-electron chi connectivity index (χ0n) is 6.97. The Morgan fingerprint density at radius 3 is 2.69 bits per heavy atom. The van der Waals surface area contributed by atoms with Gasteiger partial charge in [-0.25, -0.2) is 0 Å². The largest absolute Gasteiger partial charge is 0.302 e. The average Bonchev–Trinajstić information content (AvgIpc) is 2.54. The number of hydrogen-bond donors (Lipinski definition) is 1. The highest BCUT2D eigenvalue weighted by molar-refractivity contribution is 7.71. The predicted octanol–water partition coefficient (Wildman–Crippen LogP) is 1.99. The fraction of sp³-hybridized carbons (Fsp3) is 0.111. The van der Waals surface area contributed by atoms with Crippen LogP contribution in [0.2, 0.25) is 0 Å². The summed E-state index contributed by atoms with van der Waals surface area (Å²) in [6, 6.07) is 10.2. The normalized spacial score (nSPS) is 10.2. The van der Waals surface area contributed by atoms with Gasteiger partial charge in [0.15, 0.2) is 4.77 Å². The number of nitrogens with one attached hydrogen (secondary N) is 1. The van der Waals surface area contributed by atoms with E-state index in [2.05, 4.69) is 22.3 Å². The van der Waals surface area contributed by atoms with Gasteiger partial charge in [0.25, 0.3) is 0 Å². The summed E-state index contributed by atoms with van der Waals surface area (Å²) in [5.41, 5.74) is 1.22. The van der Waals surface area contributed by atoms with Crippen LogP contribution in [0.15, 0.2) is 36.7 Å². The van der Waals surface area contributed by atoms with Crippen molar-refractivity contribution in [3.63, 3.8) is 0 Å². The molecule has 0 saturated carbocycles. The minimum Gasteiger partial charge on any atom is -0.302 e. The highest BCUT2D eigenvalue weighted by Crippen LogP contribution is 2.01. The maximum Gasteiger partial charge on any atom is 0.195 e. The molecule has 0 radical (unpaired) electrons. The van der Waals surface area contributed by atoms with Gasteiger partial charge in [-0.1, -0.05) is 30.3 Å². The van der Waals surface area contributed by atoms with Crippen molar-refractivity contribution in [3.05, 3.63) is 47.0 Å². The first-order valence-corrected chi connectivity index (χ1v) is 4.41. The summed E-state index contributed by atoms with van der Waals surface area (Å²) >= 11 is 5.03. The van der Waals surface area contributed by atoms with Gasteiger partial charge in [0, 0.05) is 0 Å². The zero-order chi connectivity index (χ0) is 9.10. The van der Waals surface area contributed by atoms with Crippen molar-refractivity contribution in [2.75, 3.05) is 0 Å². The van der Waals surface area contributed by atoms with E-state index in [1.165, 1.54) is 5.56 Å². The van der Waals surface area contributed by atoms with E-state index in [4.69, 9.17) is 12.2 Å². The maximum absolute atomic E-state index is 5.03. The highest BCUT2D eigenvalue weighted by Gasteiger charge is 1.94. The molecule has 4 heteroatoms. The second-order valence-corrected chi connectivity index (χ2v) is 3.16. The monoisotopic (exact) mass is 191 g/mol. The second kappa shape index (κ2) is 3.53. The third-order valence-corrected chi connectivity index (χ3v) is 2.14. The first kappa shape index (κ1) is 8.19. The Morgan fingerprint density at radius 1 is 1.31 bits per heavy atom. The van der Waals surface area contributed by atoms with Gasteiger partial charge < -0.3 is 4.57 Å². The van der Waals surface area contributed by atoms with Gasteiger partial charge in [-0.05, 0) is 17.8 Å². The molecule has 2 aromatic rings. The van der Waals surface area contributed by atoms with Gasteiger partial charge >= 0.3 is 0 Å². The first-order chi connectivity index (χ1) is 6.36. The number of H-pyrrole nitrogens is 1. The van der Waals surface area contributed by atoms with E-state index in [0.29, 0.717) is 4.77 Å². The molecule has 0 bridgehead atoms. The molecule has 2 rings (SSSR count). The van der Waals surface area contributed by atoms with E-state index in [9.17, 15) is 0 Å². The summed E-state index contributed by atoms with van der Waals surface area (Å²) in [5, 5.41) is 6.57. The summed E-state index contributed by atoms with van der Waals surface area (Å²) < 4.78 is 2.55. The van der Waals surface area contributed by atoms with E-state index in [-0.39, 0.29) is 0 Å². The Bertz CT molecular complexity index is 429. The van der Waals surface area contributed by atoms with Crippen LogP contribution in [0.1, 0.15) is 5.56 Å². The molecule has 1 N–H and O–H groups in total. The van der Waals surface area contributed by atoms with E-state index in [1.54, 1.807) is 6.33 Å². The second-order valence-electron chi connectivity index (χ2n) is 2.78. The third-order valence-electron chi connectivity index (χ3n) is 1.81. The quantitative estimate of drug-likeness (QED) is 0.736. The topological polar surface area (TPSA) is 33.6 Å². The summed E-state index contributed by atoms with van der Waals surface area (Å²) in [4.78, 5) is 0. The lowest BCUT2D eigenvalue weighted by Gasteiger charge is -2.00. The van der Waals surface area contributed by atoms with Crippen LogP contribution in [0, 0.1) is 4.77 Å². The zero-order valence-corrected chi connectivity index (χ0v) is 7.79. The standard InChI is InChI=1S/C9H9N3S/c13-9-11-10-7-12(9)6-8-4-2-1-3-5-8/h1-5,7H,6H2,(H,11,13). The van der Waals surface area contributed by atoms with E-state index < -0.39 is 0 Å². The maximum atomic E-state index is 5.03. The number of rotatable bonds is 2. The molecule has 0 spiro atoms. The summed E-state index contributed by atoms with van der Waals surface area (Å²) in [5.74, 6) is 0. The van der Waals surface area contributed by atoms with Crippen LogP contribution >= 0.6 is 12.2 Å². The smallest absolute Gasteiger partial charge is 0.195 e. The van der Waals surface area contributed by atoms with Gasteiger partial charge in [-0.15, -0.1) is 0 Å². The van der Waals surface area contributed by atoms with E-state index >= 15 is 0 Å². The minimum atomic E-state index is 0.656. The predicted molar refractivity (Wildman–Crippen MR) is 53.0 cm³/mol. The fourth-order valence-electron chi connectivity index (χ4n) is 1.16. The molecule has 1 aromatic carbocycles. The van der Waals surface area contributed by atoms with Crippen molar-refractivity contribution in [3.8, 4) is 0 Å². The van der Waals surface area contributed by atoms with Gasteiger partial charge in [-0.2, -0.15) is 5.10 Å². The molecule has 0 unspecified atom stereocenters. The summed E-state index contributed by atoms with van der Waals surface area (Å²) in [6.07, 6.45) is 1.70. The molecule has 0 aliphatic rings. The lowest BCUT2D eigenvalue weighted by Crippen LogP contribution is -1.97.